The fourth-order valence-corrected chi connectivity index (χ4v) is 5.26. The number of nitrogens with zero attached hydrogens (tertiary/aromatic N) is 2. The van der Waals surface area contributed by atoms with Gasteiger partial charge in [0.1, 0.15) is 5.52 Å². The standard InChI is InChI=1S/C27H17IN2/c1-16-10-12-18(13-11-16)23-24-19-7-3-2-6-17(19)14-15-20(24)26-27(25(23)28)30-22-9-5-4-8-21(22)29-26/h2-15H,1H3. The highest BCUT2D eigenvalue weighted by atomic mass is 127. The molecule has 0 aliphatic heterocycles. The Morgan fingerprint density at radius 1 is 0.633 bits per heavy atom. The molecular formula is C27H17IN2. The number of benzene rings is 5. The molecule has 0 radical (unpaired) electrons. The Morgan fingerprint density at radius 3 is 2.07 bits per heavy atom. The first kappa shape index (κ1) is 17.8. The summed E-state index contributed by atoms with van der Waals surface area (Å²) in [6.07, 6.45) is 0. The molecule has 30 heavy (non-hydrogen) atoms. The van der Waals surface area contributed by atoms with Crippen molar-refractivity contribution in [2.45, 2.75) is 6.92 Å². The van der Waals surface area contributed by atoms with Crippen LogP contribution < -0.4 is 0 Å². The molecular weight excluding hydrogens is 479 g/mol. The Morgan fingerprint density at radius 2 is 1.30 bits per heavy atom. The van der Waals surface area contributed by atoms with Crippen molar-refractivity contribution in [3.63, 3.8) is 0 Å². The van der Waals surface area contributed by atoms with Crippen LogP contribution in [-0.4, -0.2) is 9.97 Å². The van der Waals surface area contributed by atoms with Gasteiger partial charge in [0, 0.05) is 19.9 Å². The van der Waals surface area contributed by atoms with Crippen LogP contribution in [0.2, 0.25) is 0 Å². The van der Waals surface area contributed by atoms with Gasteiger partial charge in [-0.1, -0.05) is 78.4 Å². The largest absolute Gasteiger partial charge is 0.244 e. The average Bonchev–Trinajstić information content (AvgIpc) is 2.79. The van der Waals surface area contributed by atoms with E-state index >= 15 is 0 Å². The molecule has 0 amide bonds. The Hall–Kier alpha value is -3.05. The van der Waals surface area contributed by atoms with Crippen molar-refractivity contribution in [2.24, 2.45) is 0 Å². The van der Waals surface area contributed by atoms with Crippen LogP contribution >= 0.6 is 22.6 Å². The first-order chi connectivity index (χ1) is 14.7. The number of hydrogen-bond donors (Lipinski definition) is 0. The van der Waals surface area contributed by atoms with E-state index in [0.29, 0.717) is 0 Å². The van der Waals surface area contributed by atoms with Crippen LogP contribution in [0, 0.1) is 10.5 Å². The van der Waals surface area contributed by atoms with E-state index in [9.17, 15) is 0 Å². The molecule has 0 saturated carbocycles. The van der Waals surface area contributed by atoms with Crippen molar-refractivity contribution < 1.29 is 0 Å². The minimum absolute atomic E-state index is 0.929. The zero-order valence-corrected chi connectivity index (χ0v) is 18.5. The molecule has 6 aromatic rings. The molecule has 0 N–H and O–H groups in total. The molecule has 6 rings (SSSR count). The average molecular weight is 496 g/mol. The fourth-order valence-electron chi connectivity index (χ4n) is 4.30. The van der Waals surface area contributed by atoms with Gasteiger partial charge in [0.2, 0.25) is 0 Å². The first-order valence-electron chi connectivity index (χ1n) is 9.97. The minimum atomic E-state index is 0.929. The second-order valence-electron chi connectivity index (χ2n) is 7.67. The van der Waals surface area contributed by atoms with Gasteiger partial charge in [-0.25, -0.2) is 9.97 Å². The van der Waals surface area contributed by atoms with Crippen LogP contribution in [0.3, 0.4) is 0 Å². The zero-order chi connectivity index (χ0) is 20.2. The molecule has 1 heterocycles. The Balaban J connectivity index is 1.90. The molecule has 5 aromatic carbocycles. The van der Waals surface area contributed by atoms with Crippen molar-refractivity contribution in [2.75, 3.05) is 0 Å². The number of aromatic nitrogens is 2. The molecule has 0 unspecified atom stereocenters. The zero-order valence-electron chi connectivity index (χ0n) is 16.4. The molecule has 0 saturated heterocycles. The van der Waals surface area contributed by atoms with Gasteiger partial charge >= 0.3 is 0 Å². The number of hydrogen-bond acceptors (Lipinski definition) is 2. The lowest BCUT2D eigenvalue weighted by molar-refractivity contribution is 1.40. The lowest BCUT2D eigenvalue weighted by atomic mass is 9.92. The molecule has 3 heteroatoms. The van der Waals surface area contributed by atoms with Crippen molar-refractivity contribution in [3.05, 3.63) is 94.1 Å². The van der Waals surface area contributed by atoms with Crippen molar-refractivity contribution >= 4 is 66.2 Å². The summed E-state index contributed by atoms with van der Waals surface area (Å²) in [7, 11) is 0. The molecule has 2 nitrogen and oxygen atoms in total. The fraction of sp³-hybridized carbons (Fsp3) is 0.0370. The maximum atomic E-state index is 5.06. The highest BCUT2D eigenvalue weighted by Crippen LogP contribution is 2.42. The Bertz CT molecular complexity index is 1600. The van der Waals surface area contributed by atoms with Crippen LogP contribution in [0.15, 0.2) is 84.9 Å². The third-order valence-corrected chi connectivity index (χ3v) is 6.82. The molecule has 142 valence electrons. The molecule has 0 bridgehead atoms. The van der Waals surface area contributed by atoms with Gasteiger partial charge in [-0.05, 0) is 58.0 Å². The number of fused-ring (bicyclic) bond motifs is 6. The van der Waals surface area contributed by atoms with Crippen LogP contribution in [-0.2, 0) is 0 Å². The summed E-state index contributed by atoms with van der Waals surface area (Å²) in [5.41, 5.74) is 7.50. The summed E-state index contributed by atoms with van der Waals surface area (Å²) >= 11 is 2.46. The predicted octanol–water partition coefficient (Wildman–Crippen LogP) is 7.67. The summed E-state index contributed by atoms with van der Waals surface area (Å²) in [6.45, 7) is 2.13. The normalized spacial score (nSPS) is 11.7. The predicted molar refractivity (Wildman–Crippen MR) is 135 cm³/mol. The van der Waals surface area contributed by atoms with Gasteiger partial charge in [-0.15, -0.1) is 0 Å². The number of para-hydroxylation sites is 2. The number of rotatable bonds is 1. The van der Waals surface area contributed by atoms with Gasteiger partial charge in [-0.2, -0.15) is 0 Å². The number of halogens is 1. The van der Waals surface area contributed by atoms with E-state index in [2.05, 4.69) is 90.2 Å². The molecule has 0 aliphatic carbocycles. The summed E-state index contributed by atoms with van der Waals surface area (Å²) in [4.78, 5) is 10.1. The third-order valence-electron chi connectivity index (χ3n) is 5.77. The maximum absolute atomic E-state index is 5.06. The van der Waals surface area contributed by atoms with Crippen molar-refractivity contribution in [1.29, 1.82) is 0 Å². The van der Waals surface area contributed by atoms with Crippen LogP contribution in [0.25, 0.3) is 54.7 Å². The molecule has 0 atom stereocenters. The van der Waals surface area contributed by atoms with Crippen LogP contribution in [0.4, 0.5) is 0 Å². The van der Waals surface area contributed by atoms with E-state index < -0.39 is 0 Å². The SMILES string of the molecule is Cc1ccc(-c2c(I)c3nc4ccccc4nc3c3ccc4ccccc4c23)cc1. The van der Waals surface area contributed by atoms with Gasteiger partial charge < -0.3 is 0 Å². The second kappa shape index (κ2) is 6.74. The third kappa shape index (κ3) is 2.62. The Kier molecular flexibility index (Phi) is 4.00. The monoisotopic (exact) mass is 496 g/mol. The maximum Gasteiger partial charge on any atom is 0.104 e. The lowest BCUT2D eigenvalue weighted by Crippen LogP contribution is -1.96. The lowest BCUT2D eigenvalue weighted by Gasteiger charge is -2.16. The van der Waals surface area contributed by atoms with Gasteiger partial charge in [0.25, 0.3) is 0 Å². The summed E-state index contributed by atoms with van der Waals surface area (Å²) < 4.78 is 1.15. The molecule has 0 aliphatic rings. The summed E-state index contributed by atoms with van der Waals surface area (Å²) in [5.74, 6) is 0. The van der Waals surface area contributed by atoms with E-state index in [-0.39, 0.29) is 0 Å². The van der Waals surface area contributed by atoms with E-state index in [0.717, 1.165) is 31.0 Å². The molecule has 1 aromatic heterocycles. The van der Waals surface area contributed by atoms with Gasteiger partial charge in [0.15, 0.2) is 0 Å². The van der Waals surface area contributed by atoms with Crippen molar-refractivity contribution in [3.8, 4) is 11.1 Å². The first-order valence-corrected chi connectivity index (χ1v) is 11.0. The summed E-state index contributed by atoms with van der Waals surface area (Å²) in [6, 6.07) is 29.9. The smallest absolute Gasteiger partial charge is 0.104 e. The second-order valence-corrected chi connectivity index (χ2v) is 8.75. The molecule has 0 spiro atoms. The highest BCUT2D eigenvalue weighted by Gasteiger charge is 2.19. The van der Waals surface area contributed by atoms with E-state index in [1.165, 1.54) is 32.8 Å². The number of aryl methyl sites for hydroxylation is 1. The van der Waals surface area contributed by atoms with Crippen LogP contribution in [0.1, 0.15) is 5.56 Å². The van der Waals surface area contributed by atoms with Gasteiger partial charge in [0.05, 0.1) is 16.6 Å². The molecule has 0 fully saturated rings. The topological polar surface area (TPSA) is 25.8 Å². The Labute approximate surface area is 187 Å². The highest BCUT2D eigenvalue weighted by molar-refractivity contribution is 14.1. The van der Waals surface area contributed by atoms with Gasteiger partial charge in [-0.3, -0.25) is 0 Å². The minimum Gasteiger partial charge on any atom is -0.244 e. The van der Waals surface area contributed by atoms with E-state index in [1.54, 1.807) is 0 Å². The van der Waals surface area contributed by atoms with E-state index in [1.807, 2.05) is 24.3 Å². The quantitative estimate of drug-likeness (QED) is 0.133. The van der Waals surface area contributed by atoms with Crippen molar-refractivity contribution in [1.82, 2.24) is 9.97 Å². The summed E-state index contributed by atoms with van der Waals surface area (Å²) in [5, 5.41) is 4.89. The van der Waals surface area contributed by atoms with E-state index in [4.69, 9.17) is 9.97 Å². The van der Waals surface area contributed by atoms with Crippen LogP contribution in [0.5, 0.6) is 0 Å².